The van der Waals surface area contributed by atoms with E-state index < -0.39 is 0 Å². The molecule has 0 fully saturated rings. The van der Waals surface area contributed by atoms with E-state index in [-0.39, 0.29) is 6.61 Å². The molecule has 2 aromatic rings. The zero-order valence-corrected chi connectivity index (χ0v) is 11.1. The first-order valence-corrected chi connectivity index (χ1v) is 6.41. The van der Waals surface area contributed by atoms with Crippen LogP contribution in [0.25, 0.3) is 11.1 Å². The van der Waals surface area contributed by atoms with Crippen molar-refractivity contribution >= 4 is 0 Å². The van der Waals surface area contributed by atoms with Crippen LogP contribution in [-0.4, -0.2) is 25.3 Å². The maximum atomic E-state index is 9.45. The summed E-state index contributed by atoms with van der Waals surface area (Å²) in [6.07, 6.45) is 0. The van der Waals surface area contributed by atoms with E-state index in [1.54, 1.807) is 0 Å². The number of ether oxygens (including phenoxy) is 1. The minimum absolute atomic E-state index is 0.0183. The molecule has 3 heteroatoms. The molecule has 0 atom stereocenters. The second-order valence-electron chi connectivity index (χ2n) is 4.30. The van der Waals surface area contributed by atoms with Gasteiger partial charge in [-0.3, -0.25) is 0 Å². The van der Waals surface area contributed by atoms with E-state index in [9.17, 15) is 5.11 Å². The summed E-state index contributed by atoms with van der Waals surface area (Å²) in [5, 5.41) is 12.5. The van der Waals surface area contributed by atoms with Crippen molar-refractivity contribution in [3.05, 3.63) is 54.1 Å². The average Bonchev–Trinajstić information content (AvgIpc) is 2.48. The number of aliphatic hydroxyl groups is 1. The van der Waals surface area contributed by atoms with Gasteiger partial charge in [-0.05, 0) is 30.3 Å². The Bertz CT molecular complexity index is 511. The van der Waals surface area contributed by atoms with Crippen LogP contribution < -0.4 is 10.1 Å². The van der Waals surface area contributed by atoms with Crippen molar-refractivity contribution < 1.29 is 9.84 Å². The number of hydrogen-bond acceptors (Lipinski definition) is 3. The van der Waals surface area contributed by atoms with E-state index in [2.05, 4.69) is 17.4 Å². The molecule has 2 rings (SSSR count). The molecule has 0 spiro atoms. The van der Waals surface area contributed by atoms with Crippen molar-refractivity contribution in [1.29, 1.82) is 0 Å². The fraction of sp³-hybridized carbons (Fsp3) is 0.250. The molecule has 0 bridgehead atoms. The zero-order valence-electron chi connectivity index (χ0n) is 11.1. The first-order chi connectivity index (χ1) is 9.35. The van der Waals surface area contributed by atoms with Crippen molar-refractivity contribution in [2.24, 2.45) is 0 Å². The normalized spacial score (nSPS) is 10.4. The summed E-state index contributed by atoms with van der Waals surface area (Å²) in [6, 6.07) is 16.0. The van der Waals surface area contributed by atoms with Gasteiger partial charge in [-0.1, -0.05) is 36.4 Å². The maximum absolute atomic E-state index is 9.45. The van der Waals surface area contributed by atoms with E-state index in [0.29, 0.717) is 6.61 Å². The second-order valence-corrected chi connectivity index (χ2v) is 4.30. The molecular formula is C16H19NO2. The van der Waals surface area contributed by atoms with Crippen molar-refractivity contribution in [3.63, 3.8) is 0 Å². The molecule has 0 heterocycles. The average molecular weight is 257 g/mol. The highest BCUT2D eigenvalue weighted by Crippen LogP contribution is 2.26. The molecule has 0 aliphatic heterocycles. The van der Waals surface area contributed by atoms with E-state index in [0.717, 1.165) is 29.0 Å². The molecule has 0 saturated heterocycles. The SMILES string of the molecule is CNCCOc1ccc(-c2ccccc2)cc1CO. The number of aliphatic hydroxyl groups excluding tert-OH is 1. The summed E-state index contributed by atoms with van der Waals surface area (Å²) in [5.41, 5.74) is 3.04. The largest absolute Gasteiger partial charge is 0.492 e. The summed E-state index contributed by atoms with van der Waals surface area (Å²) in [6.45, 7) is 1.36. The molecule has 3 nitrogen and oxygen atoms in total. The smallest absolute Gasteiger partial charge is 0.124 e. The molecule has 2 N–H and O–H groups in total. The van der Waals surface area contributed by atoms with Crippen LogP contribution in [0, 0.1) is 0 Å². The van der Waals surface area contributed by atoms with Crippen LogP contribution in [0.3, 0.4) is 0 Å². The third-order valence-corrected chi connectivity index (χ3v) is 2.95. The van der Waals surface area contributed by atoms with E-state index in [1.807, 2.05) is 43.4 Å². The van der Waals surface area contributed by atoms with E-state index >= 15 is 0 Å². The Morgan fingerprint density at radius 3 is 2.53 bits per heavy atom. The van der Waals surface area contributed by atoms with Crippen molar-refractivity contribution in [2.75, 3.05) is 20.2 Å². The lowest BCUT2D eigenvalue weighted by atomic mass is 10.0. The fourth-order valence-electron chi connectivity index (χ4n) is 1.92. The molecule has 0 unspecified atom stereocenters. The van der Waals surface area contributed by atoms with Crippen molar-refractivity contribution in [3.8, 4) is 16.9 Å². The Balaban J connectivity index is 2.21. The highest BCUT2D eigenvalue weighted by atomic mass is 16.5. The molecule has 0 aliphatic carbocycles. The monoisotopic (exact) mass is 257 g/mol. The number of nitrogens with one attached hydrogen (secondary N) is 1. The maximum Gasteiger partial charge on any atom is 0.124 e. The van der Waals surface area contributed by atoms with Crippen LogP contribution in [0.5, 0.6) is 5.75 Å². The molecule has 19 heavy (non-hydrogen) atoms. The standard InChI is InChI=1S/C16H19NO2/c1-17-9-10-19-16-8-7-14(11-15(16)12-18)13-5-3-2-4-6-13/h2-8,11,17-18H,9-10,12H2,1H3. The Labute approximate surface area is 113 Å². The predicted octanol–water partition coefficient (Wildman–Crippen LogP) is 2.44. The van der Waals surface area contributed by atoms with Gasteiger partial charge < -0.3 is 15.2 Å². The molecule has 0 saturated carbocycles. The molecule has 100 valence electrons. The number of likely N-dealkylation sites (N-methyl/N-ethyl adjacent to an activating group) is 1. The second kappa shape index (κ2) is 6.92. The Hall–Kier alpha value is -1.84. The lowest BCUT2D eigenvalue weighted by molar-refractivity contribution is 0.263. The molecule has 0 radical (unpaired) electrons. The fourth-order valence-corrected chi connectivity index (χ4v) is 1.92. The predicted molar refractivity (Wildman–Crippen MR) is 77.2 cm³/mol. The quantitative estimate of drug-likeness (QED) is 0.781. The van der Waals surface area contributed by atoms with Gasteiger partial charge in [0.1, 0.15) is 12.4 Å². The molecule has 0 aliphatic rings. The van der Waals surface area contributed by atoms with Gasteiger partial charge in [0.2, 0.25) is 0 Å². The Morgan fingerprint density at radius 1 is 1.05 bits per heavy atom. The summed E-state index contributed by atoms with van der Waals surface area (Å²) in [7, 11) is 1.88. The first-order valence-electron chi connectivity index (χ1n) is 6.41. The van der Waals surface area contributed by atoms with Gasteiger partial charge in [0, 0.05) is 12.1 Å². The molecule has 0 aromatic heterocycles. The molecule has 0 amide bonds. The van der Waals surface area contributed by atoms with Gasteiger partial charge in [0.25, 0.3) is 0 Å². The highest BCUT2D eigenvalue weighted by molar-refractivity contribution is 5.65. The lowest BCUT2D eigenvalue weighted by Crippen LogP contribution is -2.16. The van der Waals surface area contributed by atoms with Crippen LogP contribution >= 0.6 is 0 Å². The van der Waals surface area contributed by atoms with Crippen molar-refractivity contribution in [1.82, 2.24) is 5.32 Å². The third kappa shape index (κ3) is 3.56. The van der Waals surface area contributed by atoms with Crippen LogP contribution in [0.2, 0.25) is 0 Å². The minimum atomic E-state index is -0.0183. The first kappa shape index (κ1) is 13.6. The summed E-state index contributed by atoms with van der Waals surface area (Å²) >= 11 is 0. The van der Waals surface area contributed by atoms with Crippen LogP contribution in [-0.2, 0) is 6.61 Å². The number of hydrogen-bond donors (Lipinski definition) is 2. The van der Waals surface area contributed by atoms with Crippen molar-refractivity contribution in [2.45, 2.75) is 6.61 Å². The number of rotatable bonds is 6. The zero-order chi connectivity index (χ0) is 13.5. The van der Waals surface area contributed by atoms with Gasteiger partial charge in [-0.25, -0.2) is 0 Å². The van der Waals surface area contributed by atoms with Gasteiger partial charge in [-0.15, -0.1) is 0 Å². The van der Waals surface area contributed by atoms with Crippen LogP contribution in [0.1, 0.15) is 5.56 Å². The molecular weight excluding hydrogens is 238 g/mol. The van der Waals surface area contributed by atoms with Gasteiger partial charge in [0.05, 0.1) is 6.61 Å². The summed E-state index contributed by atoms with van der Waals surface area (Å²) < 4.78 is 5.64. The van der Waals surface area contributed by atoms with E-state index in [1.165, 1.54) is 0 Å². The van der Waals surface area contributed by atoms with Gasteiger partial charge in [-0.2, -0.15) is 0 Å². The van der Waals surface area contributed by atoms with Crippen LogP contribution in [0.15, 0.2) is 48.5 Å². The lowest BCUT2D eigenvalue weighted by Gasteiger charge is -2.12. The minimum Gasteiger partial charge on any atom is -0.492 e. The summed E-state index contributed by atoms with van der Waals surface area (Å²) in [4.78, 5) is 0. The van der Waals surface area contributed by atoms with Gasteiger partial charge in [0.15, 0.2) is 0 Å². The van der Waals surface area contributed by atoms with Crippen LogP contribution in [0.4, 0.5) is 0 Å². The molecule has 2 aromatic carbocycles. The third-order valence-electron chi connectivity index (χ3n) is 2.95. The topological polar surface area (TPSA) is 41.5 Å². The van der Waals surface area contributed by atoms with Gasteiger partial charge >= 0.3 is 0 Å². The number of benzene rings is 2. The van der Waals surface area contributed by atoms with E-state index in [4.69, 9.17) is 4.74 Å². The highest BCUT2D eigenvalue weighted by Gasteiger charge is 2.05. The Morgan fingerprint density at radius 2 is 1.84 bits per heavy atom. The summed E-state index contributed by atoms with van der Waals surface area (Å²) in [5.74, 6) is 0.748. The Kier molecular flexibility index (Phi) is 4.95.